The second kappa shape index (κ2) is 3.32. The molecule has 0 bridgehead atoms. The summed E-state index contributed by atoms with van der Waals surface area (Å²) in [6, 6.07) is 3.72. The molecule has 0 spiro atoms. The molecule has 1 aromatic carbocycles. The maximum absolute atomic E-state index is 12.6. The number of hydrogen-bond donors (Lipinski definition) is 2. The lowest BCUT2D eigenvalue weighted by Crippen LogP contribution is -2.15. The number of carbonyl (C=O) groups is 1. The monoisotopic (exact) mass is 168 g/mol. The van der Waals surface area contributed by atoms with Gasteiger partial charge in [0, 0.05) is 12.1 Å². The molecule has 12 heavy (non-hydrogen) atoms. The lowest BCUT2D eigenvalue weighted by Gasteiger charge is -2.02. The maximum Gasteiger partial charge on any atom is 0.249 e. The highest BCUT2D eigenvalue weighted by molar-refractivity contribution is 5.94. The number of hydrogen-bond acceptors (Lipinski definition) is 2. The van der Waals surface area contributed by atoms with Crippen LogP contribution in [0.4, 0.5) is 4.39 Å². The zero-order valence-corrected chi connectivity index (χ0v) is 6.38. The second-order valence-electron chi connectivity index (χ2n) is 2.37. The third-order valence-corrected chi connectivity index (χ3v) is 1.55. The maximum atomic E-state index is 12.6. The summed E-state index contributed by atoms with van der Waals surface area (Å²) in [5.41, 5.74) is 11.0. The van der Waals surface area contributed by atoms with E-state index in [-0.39, 0.29) is 12.1 Å². The third-order valence-electron chi connectivity index (χ3n) is 1.55. The summed E-state index contributed by atoms with van der Waals surface area (Å²) in [6.45, 7) is 0.107. The van der Waals surface area contributed by atoms with Crippen LogP contribution in [-0.4, -0.2) is 5.91 Å². The number of amides is 1. The number of carbonyl (C=O) groups excluding carboxylic acids is 1. The molecule has 0 radical (unpaired) electrons. The van der Waals surface area contributed by atoms with Crippen LogP contribution in [0.25, 0.3) is 0 Å². The van der Waals surface area contributed by atoms with E-state index in [1.807, 2.05) is 0 Å². The van der Waals surface area contributed by atoms with Gasteiger partial charge >= 0.3 is 0 Å². The lowest BCUT2D eigenvalue weighted by molar-refractivity contribution is 0.0999. The van der Waals surface area contributed by atoms with Gasteiger partial charge in [-0.15, -0.1) is 0 Å². The number of nitrogens with two attached hydrogens (primary N) is 2. The van der Waals surface area contributed by atoms with Gasteiger partial charge in [-0.25, -0.2) is 4.39 Å². The van der Waals surface area contributed by atoms with E-state index in [1.54, 1.807) is 0 Å². The van der Waals surface area contributed by atoms with Crippen LogP contribution in [-0.2, 0) is 6.54 Å². The lowest BCUT2D eigenvalue weighted by atomic mass is 10.1. The van der Waals surface area contributed by atoms with Gasteiger partial charge in [0.05, 0.1) is 0 Å². The van der Waals surface area contributed by atoms with Crippen LogP contribution in [0.1, 0.15) is 15.9 Å². The van der Waals surface area contributed by atoms with E-state index in [4.69, 9.17) is 11.5 Å². The first kappa shape index (κ1) is 8.67. The smallest absolute Gasteiger partial charge is 0.249 e. The molecule has 0 aliphatic carbocycles. The van der Waals surface area contributed by atoms with Gasteiger partial charge in [-0.1, -0.05) is 0 Å². The van der Waals surface area contributed by atoms with Crippen molar-refractivity contribution >= 4 is 5.91 Å². The Balaban J connectivity index is 3.20. The first-order valence-electron chi connectivity index (χ1n) is 3.43. The van der Waals surface area contributed by atoms with Crippen LogP contribution >= 0.6 is 0 Å². The molecule has 0 fully saturated rings. The van der Waals surface area contributed by atoms with Crippen molar-refractivity contribution in [3.8, 4) is 0 Å². The Hall–Kier alpha value is -1.42. The van der Waals surface area contributed by atoms with E-state index < -0.39 is 11.7 Å². The zero-order chi connectivity index (χ0) is 9.14. The number of halogens is 1. The molecular weight excluding hydrogens is 159 g/mol. The largest absolute Gasteiger partial charge is 0.366 e. The minimum atomic E-state index is -0.588. The topological polar surface area (TPSA) is 69.1 Å². The predicted molar refractivity (Wildman–Crippen MR) is 42.8 cm³/mol. The first-order chi connectivity index (χ1) is 5.65. The molecule has 0 aromatic heterocycles. The molecule has 4 heteroatoms. The van der Waals surface area contributed by atoms with E-state index in [1.165, 1.54) is 18.2 Å². The van der Waals surface area contributed by atoms with E-state index in [0.717, 1.165) is 0 Å². The van der Waals surface area contributed by atoms with Gasteiger partial charge in [-0.2, -0.15) is 0 Å². The Labute approximate surface area is 69.2 Å². The van der Waals surface area contributed by atoms with Gasteiger partial charge in [0.15, 0.2) is 0 Å². The molecule has 0 heterocycles. The minimum Gasteiger partial charge on any atom is -0.366 e. The molecule has 1 amide bonds. The molecule has 0 atom stereocenters. The highest BCUT2D eigenvalue weighted by atomic mass is 19.1. The van der Waals surface area contributed by atoms with Gasteiger partial charge in [-0.05, 0) is 23.8 Å². The zero-order valence-electron chi connectivity index (χ0n) is 6.38. The number of primary amides is 1. The van der Waals surface area contributed by atoms with Gasteiger partial charge in [0.25, 0.3) is 0 Å². The van der Waals surface area contributed by atoms with E-state index in [0.29, 0.717) is 5.56 Å². The fourth-order valence-electron chi connectivity index (χ4n) is 0.972. The normalized spacial score (nSPS) is 9.83. The van der Waals surface area contributed by atoms with Crippen molar-refractivity contribution < 1.29 is 9.18 Å². The first-order valence-corrected chi connectivity index (χ1v) is 3.43. The van der Waals surface area contributed by atoms with Crippen LogP contribution in [0, 0.1) is 5.82 Å². The molecule has 0 saturated carbocycles. The molecule has 64 valence electrons. The molecule has 3 nitrogen and oxygen atoms in total. The summed E-state index contributed by atoms with van der Waals surface area (Å²) < 4.78 is 12.6. The number of benzene rings is 1. The van der Waals surface area contributed by atoms with Crippen molar-refractivity contribution in [2.75, 3.05) is 0 Å². The average Bonchev–Trinajstić information content (AvgIpc) is 2.03. The summed E-state index contributed by atoms with van der Waals surface area (Å²) in [5.74, 6) is -1.00. The Morgan fingerprint density at radius 1 is 1.50 bits per heavy atom. The van der Waals surface area contributed by atoms with Crippen LogP contribution in [0.2, 0.25) is 0 Å². The van der Waals surface area contributed by atoms with Crippen LogP contribution in [0.15, 0.2) is 18.2 Å². The molecule has 1 aromatic rings. The molecule has 1 rings (SSSR count). The third kappa shape index (κ3) is 1.60. The van der Waals surface area contributed by atoms with Crippen molar-refractivity contribution in [3.05, 3.63) is 35.1 Å². The van der Waals surface area contributed by atoms with Gasteiger partial charge in [0.1, 0.15) is 5.82 Å². The molecule has 4 N–H and O–H groups in total. The minimum absolute atomic E-state index is 0.107. The molecule has 0 unspecified atom stereocenters. The Bertz CT molecular complexity index is 312. The van der Waals surface area contributed by atoms with E-state index >= 15 is 0 Å². The van der Waals surface area contributed by atoms with E-state index in [2.05, 4.69) is 0 Å². The van der Waals surface area contributed by atoms with Crippen molar-refractivity contribution in [2.45, 2.75) is 6.54 Å². The molecule has 0 aliphatic rings. The van der Waals surface area contributed by atoms with Gasteiger partial charge < -0.3 is 11.5 Å². The summed E-state index contributed by atoms with van der Waals surface area (Å²) in [5, 5.41) is 0. The van der Waals surface area contributed by atoms with Crippen molar-refractivity contribution in [2.24, 2.45) is 11.5 Å². The highest BCUT2D eigenvalue weighted by Crippen LogP contribution is 2.09. The van der Waals surface area contributed by atoms with E-state index in [9.17, 15) is 9.18 Å². The summed E-state index contributed by atoms with van der Waals surface area (Å²) in [6.07, 6.45) is 0. The van der Waals surface area contributed by atoms with Crippen molar-refractivity contribution in [3.63, 3.8) is 0 Å². The Morgan fingerprint density at radius 2 is 2.17 bits per heavy atom. The molecule has 0 saturated heterocycles. The summed E-state index contributed by atoms with van der Waals surface area (Å²) in [7, 11) is 0. The van der Waals surface area contributed by atoms with Crippen LogP contribution in [0.3, 0.4) is 0 Å². The highest BCUT2D eigenvalue weighted by Gasteiger charge is 2.06. The molecule has 0 aliphatic heterocycles. The fraction of sp³-hybridized carbons (Fsp3) is 0.125. The SMILES string of the molecule is NCc1cc(F)ccc1C(N)=O. The van der Waals surface area contributed by atoms with Crippen LogP contribution < -0.4 is 11.5 Å². The molecular formula is C8H9FN2O. The standard InChI is InChI=1S/C8H9FN2O/c9-6-1-2-7(8(11)12)5(3-6)4-10/h1-3H,4,10H2,(H2,11,12). The Kier molecular flexibility index (Phi) is 2.40. The second-order valence-corrected chi connectivity index (χ2v) is 2.37. The van der Waals surface area contributed by atoms with Crippen LogP contribution in [0.5, 0.6) is 0 Å². The average molecular weight is 168 g/mol. The summed E-state index contributed by atoms with van der Waals surface area (Å²) in [4.78, 5) is 10.7. The quantitative estimate of drug-likeness (QED) is 0.670. The fourth-order valence-corrected chi connectivity index (χ4v) is 0.972. The predicted octanol–water partition coefficient (Wildman–Crippen LogP) is 0.383. The number of rotatable bonds is 2. The van der Waals surface area contributed by atoms with Crippen molar-refractivity contribution in [1.82, 2.24) is 0 Å². The summed E-state index contributed by atoms with van der Waals surface area (Å²) >= 11 is 0. The van der Waals surface area contributed by atoms with Crippen molar-refractivity contribution in [1.29, 1.82) is 0 Å². The Morgan fingerprint density at radius 3 is 2.67 bits per heavy atom. The van der Waals surface area contributed by atoms with Gasteiger partial charge in [0.2, 0.25) is 5.91 Å². The van der Waals surface area contributed by atoms with Gasteiger partial charge in [-0.3, -0.25) is 4.79 Å².